The van der Waals surface area contributed by atoms with Gasteiger partial charge in [-0.25, -0.2) is 4.98 Å². The van der Waals surface area contributed by atoms with E-state index in [1.807, 2.05) is 24.3 Å². The van der Waals surface area contributed by atoms with Crippen LogP contribution in [0.5, 0.6) is 11.5 Å². The summed E-state index contributed by atoms with van der Waals surface area (Å²) in [5.74, 6) is 1.60. The molecule has 65 heavy (non-hydrogen) atoms. The number of benzene rings is 9. The van der Waals surface area contributed by atoms with E-state index in [-0.39, 0.29) is 0 Å². The molecule has 1 aliphatic heterocycles. The van der Waals surface area contributed by atoms with E-state index >= 15 is 0 Å². The molecular weight excluding hydrogens is 791 g/mol. The number of aromatic nitrogens is 2. The van der Waals surface area contributed by atoms with Crippen molar-refractivity contribution >= 4 is 21.8 Å². The average Bonchev–Trinajstić information content (AvgIpc) is 3.71. The van der Waals surface area contributed by atoms with Crippen molar-refractivity contribution in [3.63, 3.8) is 0 Å². The minimum Gasteiger partial charge on any atom is -0.457 e. The highest BCUT2D eigenvalue weighted by Gasteiger charge is 2.45. The molecular formula is C61H39N3O. The van der Waals surface area contributed by atoms with Crippen molar-refractivity contribution in [2.24, 2.45) is 0 Å². The van der Waals surface area contributed by atoms with Crippen molar-refractivity contribution in [3.8, 4) is 68.0 Å². The molecule has 0 saturated heterocycles. The fourth-order valence-corrected chi connectivity index (χ4v) is 9.95. The topological polar surface area (TPSA) is 50.8 Å². The van der Waals surface area contributed by atoms with Gasteiger partial charge in [-0.15, -0.1) is 0 Å². The largest absolute Gasteiger partial charge is 0.457 e. The second kappa shape index (κ2) is 15.5. The van der Waals surface area contributed by atoms with Crippen LogP contribution in [0, 0.1) is 11.3 Å². The van der Waals surface area contributed by atoms with Crippen LogP contribution in [-0.4, -0.2) is 9.55 Å². The molecule has 0 amide bonds. The van der Waals surface area contributed by atoms with E-state index in [1.165, 1.54) is 0 Å². The smallest absolute Gasteiger partial charge is 0.132 e. The normalized spacial score (nSPS) is 12.5. The van der Waals surface area contributed by atoms with Gasteiger partial charge < -0.3 is 9.30 Å². The van der Waals surface area contributed by atoms with Gasteiger partial charge in [0.25, 0.3) is 0 Å². The second-order valence-electron chi connectivity index (χ2n) is 16.6. The molecule has 0 atom stereocenters. The van der Waals surface area contributed by atoms with Crippen LogP contribution in [0.25, 0.3) is 72.3 Å². The summed E-state index contributed by atoms with van der Waals surface area (Å²) in [5.41, 5.74) is 15.6. The Morgan fingerprint density at radius 2 is 0.877 bits per heavy atom. The number of nitrogens with zero attached hydrogens (tertiary/aromatic N) is 3. The van der Waals surface area contributed by atoms with Crippen LogP contribution in [0.1, 0.15) is 27.8 Å². The molecule has 11 aromatic rings. The lowest BCUT2D eigenvalue weighted by Crippen LogP contribution is -2.34. The monoisotopic (exact) mass is 829 g/mol. The first-order valence-electron chi connectivity index (χ1n) is 21.9. The van der Waals surface area contributed by atoms with Gasteiger partial charge in [0, 0.05) is 38.7 Å². The molecule has 0 aliphatic carbocycles. The Labute approximate surface area is 377 Å². The summed E-state index contributed by atoms with van der Waals surface area (Å²) in [7, 11) is 0. The van der Waals surface area contributed by atoms with Crippen LogP contribution in [0.15, 0.2) is 237 Å². The fraction of sp³-hybridized carbons (Fsp3) is 0.0164. The van der Waals surface area contributed by atoms with Gasteiger partial charge in [0.2, 0.25) is 0 Å². The standard InChI is InChI=1S/C61H39N3O/c62-40-41-26-30-57-51(34-41)52-35-44(27-31-58(52)64(57)50-24-14-5-15-25-50)45-28-32-59-53(36-45)61(48-20-10-3-11-21-48,49-22-12-4-13-23-49)54-37-46(29-33-60(54)65-59)56-39-47(42-16-6-1-7-17-42)38-55(63-56)43-18-8-2-9-19-43/h1-39H. The highest BCUT2D eigenvalue weighted by Crippen LogP contribution is 2.56. The third kappa shape index (κ3) is 6.33. The van der Waals surface area contributed by atoms with Gasteiger partial charge in [-0.05, 0) is 118 Å². The number of para-hydroxylation sites is 1. The fourth-order valence-electron chi connectivity index (χ4n) is 9.95. The molecule has 9 aromatic carbocycles. The van der Waals surface area contributed by atoms with Crippen molar-refractivity contribution in [1.29, 1.82) is 5.26 Å². The first kappa shape index (κ1) is 37.9. The lowest BCUT2D eigenvalue weighted by molar-refractivity contribution is 0.435. The maximum atomic E-state index is 9.97. The number of rotatable bonds is 7. The van der Waals surface area contributed by atoms with Crippen LogP contribution in [0.4, 0.5) is 0 Å². The van der Waals surface area contributed by atoms with Crippen LogP contribution in [0.3, 0.4) is 0 Å². The number of hydrogen-bond acceptors (Lipinski definition) is 3. The second-order valence-corrected chi connectivity index (χ2v) is 16.6. The Hall–Kier alpha value is -8.78. The van der Waals surface area contributed by atoms with Gasteiger partial charge >= 0.3 is 0 Å². The van der Waals surface area contributed by atoms with Crippen molar-refractivity contribution in [3.05, 3.63) is 264 Å². The summed E-state index contributed by atoms with van der Waals surface area (Å²) in [6.07, 6.45) is 0. The molecule has 1 aliphatic rings. The van der Waals surface area contributed by atoms with Crippen molar-refractivity contribution in [1.82, 2.24) is 9.55 Å². The van der Waals surface area contributed by atoms with E-state index in [4.69, 9.17) is 9.72 Å². The predicted octanol–water partition coefficient (Wildman–Crippen LogP) is 15.2. The quantitative estimate of drug-likeness (QED) is 0.161. The molecule has 0 fully saturated rings. The molecule has 0 saturated carbocycles. The molecule has 0 bridgehead atoms. The SMILES string of the molecule is N#Cc1ccc2c(c1)c1cc(-c3ccc4c(c3)C(c3ccccc3)(c3ccccc3)c3cc(-c5cc(-c6ccccc6)cc(-c6ccccc6)n5)ccc3O4)ccc1n2-c1ccccc1. The van der Waals surface area contributed by atoms with Crippen molar-refractivity contribution in [2.75, 3.05) is 0 Å². The lowest BCUT2D eigenvalue weighted by Gasteiger charge is -2.42. The molecule has 4 nitrogen and oxygen atoms in total. The predicted molar refractivity (Wildman–Crippen MR) is 263 cm³/mol. The minimum absolute atomic E-state index is 0.632. The molecule has 0 N–H and O–H groups in total. The zero-order valence-corrected chi connectivity index (χ0v) is 35.3. The molecule has 0 radical (unpaired) electrons. The highest BCUT2D eigenvalue weighted by atomic mass is 16.5. The Morgan fingerprint density at radius 1 is 0.400 bits per heavy atom. The number of hydrogen-bond donors (Lipinski definition) is 0. The maximum absolute atomic E-state index is 9.97. The molecule has 2 aromatic heterocycles. The summed E-state index contributed by atoms with van der Waals surface area (Å²) in [4.78, 5) is 5.36. The van der Waals surface area contributed by atoms with Gasteiger partial charge in [-0.2, -0.15) is 5.26 Å². The molecule has 4 heteroatoms. The van der Waals surface area contributed by atoms with Crippen LogP contribution >= 0.6 is 0 Å². The lowest BCUT2D eigenvalue weighted by atomic mass is 9.63. The number of pyridine rings is 1. The summed E-state index contributed by atoms with van der Waals surface area (Å²) >= 11 is 0. The number of fused-ring (bicyclic) bond motifs is 5. The summed E-state index contributed by atoms with van der Waals surface area (Å²) in [6.45, 7) is 0. The van der Waals surface area contributed by atoms with Crippen LogP contribution < -0.4 is 4.74 Å². The zero-order chi connectivity index (χ0) is 43.3. The average molecular weight is 830 g/mol. The summed E-state index contributed by atoms with van der Waals surface area (Å²) in [5, 5.41) is 12.1. The van der Waals surface area contributed by atoms with E-state index in [2.05, 4.69) is 223 Å². The highest BCUT2D eigenvalue weighted by molar-refractivity contribution is 6.11. The summed E-state index contributed by atoms with van der Waals surface area (Å²) in [6, 6.07) is 85.6. The third-order valence-corrected chi connectivity index (χ3v) is 12.9. The van der Waals surface area contributed by atoms with E-state index in [0.29, 0.717) is 5.56 Å². The van der Waals surface area contributed by atoms with E-state index in [0.717, 1.165) is 106 Å². The Balaban J connectivity index is 1.09. The van der Waals surface area contributed by atoms with Gasteiger partial charge in [0.05, 0.1) is 39.5 Å². The Kier molecular flexibility index (Phi) is 9.07. The molecule has 12 rings (SSSR count). The molecule has 0 unspecified atom stereocenters. The van der Waals surface area contributed by atoms with Crippen molar-refractivity contribution in [2.45, 2.75) is 5.41 Å². The van der Waals surface area contributed by atoms with Gasteiger partial charge in [-0.1, -0.05) is 152 Å². The van der Waals surface area contributed by atoms with E-state index < -0.39 is 5.41 Å². The molecule has 3 heterocycles. The summed E-state index contributed by atoms with van der Waals surface area (Å²) < 4.78 is 9.28. The number of ether oxygens (including phenoxy) is 1. The maximum Gasteiger partial charge on any atom is 0.132 e. The van der Waals surface area contributed by atoms with E-state index in [1.54, 1.807) is 0 Å². The molecule has 0 spiro atoms. The minimum atomic E-state index is -0.772. The van der Waals surface area contributed by atoms with Crippen molar-refractivity contribution < 1.29 is 4.74 Å². The van der Waals surface area contributed by atoms with Crippen LogP contribution in [0.2, 0.25) is 0 Å². The first-order valence-corrected chi connectivity index (χ1v) is 21.9. The molecule has 304 valence electrons. The Morgan fingerprint density at radius 3 is 1.49 bits per heavy atom. The van der Waals surface area contributed by atoms with Gasteiger partial charge in [0.15, 0.2) is 0 Å². The van der Waals surface area contributed by atoms with E-state index in [9.17, 15) is 5.26 Å². The van der Waals surface area contributed by atoms with Gasteiger partial charge in [0.1, 0.15) is 11.5 Å². The third-order valence-electron chi connectivity index (χ3n) is 12.9. The zero-order valence-electron chi connectivity index (χ0n) is 35.3. The van der Waals surface area contributed by atoms with Crippen LogP contribution in [-0.2, 0) is 5.41 Å². The Bertz CT molecular complexity index is 3520. The van der Waals surface area contributed by atoms with Gasteiger partial charge in [-0.3, -0.25) is 0 Å². The first-order chi connectivity index (χ1) is 32.2. The number of nitriles is 1.